The van der Waals surface area contributed by atoms with E-state index in [0.29, 0.717) is 34.8 Å². The molecule has 0 spiro atoms. The monoisotopic (exact) mass is 340 g/mol. The molecule has 118 valence electrons. The van der Waals surface area contributed by atoms with E-state index < -0.39 is 0 Å². The minimum atomic E-state index is -0.0990. The molecule has 3 rings (SSSR count). The Bertz CT molecular complexity index is 651. The van der Waals surface area contributed by atoms with Crippen molar-refractivity contribution in [2.45, 2.75) is 31.7 Å². The van der Waals surface area contributed by atoms with E-state index in [-0.39, 0.29) is 12.5 Å². The summed E-state index contributed by atoms with van der Waals surface area (Å²) < 4.78 is 5.94. The van der Waals surface area contributed by atoms with Crippen LogP contribution in [0.2, 0.25) is 4.34 Å². The molecule has 0 aliphatic heterocycles. The lowest BCUT2D eigenvalue weighted by atomic mass is 10.2. The van der Waals surface area contributed by atoms with Crippen molar-refractivity contribution in [2.24, 2.45) is 0 Å². The SMILES string of the molecule is O=C(c1cc(-c2ccc(Cl)s2)on1)N(CCCCO)C1CC1. The molecular formula is C15H17ClN2O3S. The number of aliphatic hydroxyl groups is 1. The average molecular weight is 341 g/mol. The second kappa shape index (κ2) is 6.81. The Labute approximate surface area is 137 Å². The number of carbonyl (C=O) groups excluding carboxylic acids is 1. The minimum absolute atomic E-state index is 0.0990. The van der Waals surface area contributed by atoms with Crippen molar-refractivity contribution in [3.8, 4) is 10.6 Å². The molecule has 0 bridgehead atoms. The van der Waals surface area contributed by atoms with Crippen LogP contribution in [0, 0.1) is 0 Å². The molecule has 1 N–H and O–H groups in total. The van der Waals surface area contributed by atoms with Crippen molar-refractivity contribution >= 4 is 28.8 Å². The summed E-state index contributed by atoms with van der Waals surface area (Å²) in [7, 11) is 0. The van der Waals surface area contributed by atoms with Gasteiger partial charge in [-0.3, -0.25) is 4.79 Å². The van der Waals surface area contributed by atoms with Gasteiger partial charge in [-0.05, 0) is 37.8 Å². The van der Waals surface area contributed by atoms with E-state index in [0.717, 1.165) is 24.1 Å². The summed E-state index contributed by atoms with van der Waals surface area (Å²) in [5.41, 5.74) is 0.329. The maximum atomic E-state index is 12.6. The highest BCUT2D eigenvalue weighted by molar-refractivity contribution is 7.19. The van der Waals surface area contributed by atoms with Gasteiger partial charge in [0.25, 0.3) is 5.91 Å². The number of hydrogen-bond donors (Lipinski definition) is 1. The summed E-state index contributed by atoms with van der Waals surface area (Å²) >= 11 is 7.30. The number of amides is 1. The minimum Gasteiger partial charge on any atom is -0.396 e. The summed E-state index contributed by atoms with van der Waals surface area (Å²) in [6.07, 6.45) is 3.57. The molecule has 1 amide bonds. The largest absolute Gasteiger partial charge is 0.396 e. The van der Waals surface area contributed by atoms with Crippen LogP contribution in [0.1, 0.15) is 36.2 Å². The lowest BCUT2D eigenvalue weighted by Crippen LogP contribution is -2.34. The van der Waals surface area contributed by atoms with Crippen LogP contribution < -0.4 is 0 Å². The standard InChI is InChI=1S/C15H17ClN2O3S/c16-14-6-5-13(22-14)12-9-11(17-21-12)15(20)18(10-3-4-10)7-1-2-8-19/h5-6,9-10,19H,1-4,7-8H2. The molecule has 2 aromatic heterocycles. The van der Waals surface area contributed by atoms with E-state index in [1.807, 2.05) is 11.0 Å². The molecule has 1 saturated carbocycles. The third-order valence-electron chi connectivity index (χ3n) is 3.60. The van der Waals surface area contributed by atoms with Crippen LogP contribution in [0.3, 0.4) is 0 Å². The lowest BCUT2D eigenvalue weighted by molar-refractivity contribution is 0.0726. The molecule has 1 aliphatic rings. The van der Waals surface area contributed by atoms with Crippen LogP contribution in [0.4, 0.5) is 0 Å². The molecule has 1 fully saturated rings. The van der Waals surface area contributed by atoms with Crippen molar-refractivity contribution in [3.05, 3.63) is 28.2 Å². The van der Waals surface area contributed by atoms with Gasteiger partial charge in [0, 0.05) is 25.3 Å². The number of aromatic nitrogens is 1. The molecular weight excluding hydrogens is 324 g/mol. The first-order valence-electron chi connectivity index (χ1n) is 7.33. The maximum Gasteiger partial charge on any atom is 0.276 e. The van der Waals surface area contributed by atoms with Crippen molar-refractivity contribution in [3.63, 3.8) is 0 Å². The van der Waals surface area contributed by atoms with Gasteiger partial charge in [-0.1, -0.05) is 16.8 Å². The number of thiophene rings is 1. The molecule has 5 nitrogen and oxygen atoms in total. The highest BCUT2D eigenvalue weighted by Gasteiger charge is 2.34. The predicted octanol–water partition coefficient (Wildman–Crippen LogP) is 3.43. The lowest BCUT2D eigenvalue weighted by Gasteiger charge is -2.20. The Balaban J connectivity index is 1.71. The van der Waals surface area contributed by atoms with Crippen molar-refractivity contribution in [2.75, 3.05) is 13.2 Å². The fourth-order valence-electron chi connectivity index (χ4n) is 2.32. The molecule has 0 atom stereocenters. The molecule has 0 unspecified atom stereocenters. The fourth-order valence-corrected chi connectivity index (χ4v) is 3.31. The van der Waals surface area contributed by atoms with Gasteiger partial charge in [0.05, 0.1) is 9.21 Å². The molecule has 0 saturated heterocycles. The van der Waals surface area contributed by atoms with Crippen LogP contribution in [0.15, 0.2) is 22.7 Å². The Hall–Kier alpha value is -1.37. The topological polar surface area (TPSA) is 66.6 Å². The number of carbonyl (C=O) groups is 1. The van der Waals surface area contributed by atoms with Crippen molar-refractivity contribution in [1.29, 1.82) is 0 Å². The van der Waals surface area contributed by atoms with Crippen LogP contribution >= 0.6 is 22.9 Å². The molecule has 2 heterocycles. The zero-order valence-electron chi connectivity index (χ0n) is 12.0. The van der Waals surface area contributed by atoms with E-state index in [1.54, 1.807) is 12.1 Å². The second-order valence-electron chi connectivity index (χ2n) is 5.34. The fraction of sp³-hybridized carbons (Fsp3) is 0.467. The molecule has 0 radical (unpaired) electrons. The number of aliphatic hydroxyl groups excluding tert-OH is 1. The normalized spacial score (nSPS) is 14.3. The van der Waals surface area contributed by atoms with Crippen LogP contribution in [-0.2, 0) is 0 Å². The van der Waals surface area contributed by atoms with Crippen molar-refractivity contribution in [1.82, 2.24) is 10.1 Å². The zero-order chi connectivity index (χ0) is 15.5. The van der Waals surface area contributed by atoms with Crippen LogP contribution in [0.25, 0.3) is 10.6 Å². The first-order chi connectivity index (χ1) is 10.7. The third-order valence-corrected chi connectivity index (χ3v) is 4.85. The summed E-state index contributed by atoms with van der Waals surface area (Å²) in [5, 5.41) is 12.8. The number of nitrogens with zero attached hydrogens (tertiary/aromatic N) is 2. The smallest absolute Gasteiger partial charge is 0.276 e. The van der Waals surface area contributed by atoms with Gasteiger partial charge in [-0.2, -0.15) is 0 Å². The van der Waals surface area contributed by atoms with Gasteiger partial charge in [0.2, 0.25) is 0 Å². The molecule has 7 heteroatoms. The van der Waals surface area contributed by atoms with Gasteiger partial charge in [0.15, 0.2) is 11.5 Å². The Morgan fingerprint density at radius 2 is 2.27 bits per heavy atom. The number of hydrogen-bond acceptors (Lipinski definition) is 5. The summed E-state index contributed by atoms with van der Waals surface area (Å²) in [4.78, 5) is 15.3. The maximum absolute atomic E-state index is 12.6. The molecule has 2 aromatic rings. The van der Waals surface area contributed by atoms with Crippen LogP contribution in [0.5, 0.6) is 0 Å². The summed E-state index contributed by atoms with van der Waals surface area (Å²) in [6, 6.07) is 5.62. The Morgan fingerprint density at radius 3 is 2.91 bits per heavy atom. The van der Waals surface area contributed by atoms with E-state index >= 15 is 0 Å². The van der Waals surface area contributed by atoms with E-state index in [9.17, 15) is 4.79 Å². The van der Waals surface area contributed by atoms with Gasteiger partial charge in [-0.25, -0.2) is 0 Å². The molecule has 22 heavy (non-hydrogen) atoms. The number of unbranched alkanes of at least 4 members (excludes halogenated alkanes) is 1. The Morgan fingerprint density at radius 1 is 1.45 bits per heavy atom. The summed E-state index contributed by atoms with van der Waals surface area (Å²) in [6.45, 7) is 0.803. The third kappa shape index (κ3) is 3.51. The first kappa shape index (κ1) is 15.5. The molecule has 0 aromatic carbocycles. The van der Waals surface area contributed by atoms with Gasteiger partial charge < -0.3 is 14.5 Å². The van der Waals surface area contributed by atoms with E-state index in [1.165, 1.54) is 11.3 Å². The highest BCUT2D eigenvalue weighted by Crippen LogP contribution is 2.32. The second-order valence-corrected chi connectivity index (χ2v) is 7.06. The number of halogens is 1. The summed E-state index contributed by atoms with van der Waals surface area (Å²) in [5.74, 6) is 0.462. The first-order valence-corrected chi connectivity index (χ1v) is 8.52. The van der Waals surface area contributed by atoms with Crippen LogP contribution in [-0.4, -0.2) is 40.3 Å². The molecule has 1 aliphatic carbocycles. The zero-order valence-corrected chi connectivity index (χ0v) is 13.6. The van der Waals surface area contributed by atoms with Gasteiger partial charge in [-0.15, -0.1) is 11.3 Å². The van der Waals surface area contributed by atoms with E-state index in [2.05, 4.69) is 5.16 Å². The van der Waals surface area contributed by atoms with Gasteiger partial charge in [0.1, 0.15) is 0 Å². The Kier molecular flexibility index (Phi) is 4.81. The van der Waals surface area contributed by atoms with E-state index in [4.69, 9.17) is 21.2 Å². The quantitative estimate of drug-likeness (QED) is 0.784. The predicted molar refractivity (Wildman–Crippen MR) is 85.2 cm³/mol. The average Bonchev–Trinajstić information content (AvgIpc) is 3.06. The number of rotatable bonds is 7. The van der Waals surface area contributed by atoms with Crippen molar-refractivity contribution < 1.29 is 14.4 Å². The highest BCUT2D eigenvalue weighted by atomic mass is 35.5. The van der Waals surface area contributed by atoms with Gasteiger partial charge >= 0.3 is 0 Å².